The van der Waals surface area contributed by atoms with E-state index in [4.69, 9.17) is 23.2 Å². The summed E-state index contributed by atoms with van der Waals surface area (Å²) in [4.78, 5) is 40.5. The second kappa shape index (κ2) is 8.16. The SMILES string of the molecule is CCC[C@H](C)C1(CC)C(=O)N(CCCl)C(=O)N(CCCl)C1=O. The summed E-state index contributed by atoms with van der Waals surface area (Å²) in [7, 11) is 0. The summed E-state index contributed by atoms with van der Waals surface area (Å²) in [5.74, 6) is -0.703. The molecule has 0 N–H and O–H groups in total. The average molecular weight is 351 g/mol. The van der Waals surface area contributed by atoms with Gasteiger partial charge in [0.25, 0.3) is 0 Å². The van der Waals surface area contributed by atoms with Crippen molar-refractivity contribution < 1.29 is 14.4 Å². The second-order valence-corrected chi connectivity index (χ2v) is 6.34. The molecule has 0 unspecified atom stereocenters. The van der Waals surface area contributed by atoms with E-state index in [0.717, 1.165) is 22.6 Å². The van der Waals surface area contributed by atoms with Gasteiger partial charge in [0.2, 0.25) is 11.8 Å². The highest BCUT2D eigenvalue weighted by atomic mass is 35.5. The number of imide groups is 2. The van der Waals surface area contributed by atoms with Crippen molar-refractivity contribution in [2.75, 3.05) is 24.8 Å². The van der Waals surface area contributed by atoms with Crippen LogP contribution in [-0.4, -0.2) is 52.5 Å². The molecule has 0 saturated carbocycles. The van der Waals surface area contributed by atoms with E-state index in [-0.39, 0.29) is 30.8 Å². The Labute approximate surface area is 141 Å². The standard InChI is InChI=1S/C15H24Cl2N2O3/c1-4-6-11(3)15(5-2)12(20)18(9-7-16)14(22)19(10-8-17)13(15)21/h11H,4-10H2,1-3H3/t11-/m0/s1. The average Bonchev–Trinajstić information content (AvgIpc) is 2.49. The molecule has 0 spiro atoms. The van der Waals surface area contributed by atoms with Gasteiger partial charge in [-0.3, -0.25) is 19.4 Å². The predicted octanol–water partition coefficient (Wildman–Crippen LogP) is 3.09. The van der Waals surface area contributed by atoms with E-state index >= 15 is 0 Å². The normalized spacial score (nSPS) is 19.8. The predicted molar refractivity (Wildman–Crippen MR) is 87.1 cm³/mol. The Bertz CT molecular complexity index is 415. The monoisotopic (exact) mass is 350 g/mol. The van der Waals surface area contributed by atoms with Crippen molar-refractivity contribution in [2.24, 2.45) is 11.3 Å². The lowest BCUT2D eigenvalue weighted by molar-refractivity contribution is -0.163. The number of halogens is 2. The summed E-state index contributed by atoms with van der Waals surface area (Å²) in [5, 5.41) is 0. The zero-order valence-electron chi connectivity index (χ0n) is 13.4. The van der Waals surface area contributed by atoms with Crippen molar-refractivity contribution in [3.05, 3.63) is 0 Å². The zero-order valence-corrected chi connectivity index (χ0v) is 14.9. The Hall–Kier alpha value is -0.810. The molecule has 1 atom stereocenters. The number of hydrogen-bond donors (Lipinski definition) is 0. The third-order valence-corrected chi connectivity index (χ3v) is 4.79. The highest BCUT2D eigenvalue weighted by Gasteiger charge is 2.58. The van der Waals surface area contributed by atoms with Gasteiger partial charge in [-0.2, -0.15) is 0 Å². The smallest absolute Gasteiger partial charge is 0.273 e. The number of carbonyl (C=O) groups excluding carboxylic acids is 3. The molecule has 0 bridgehead atoms. The van der Waals surface area contributed by atoms with Gasteiger partial charge in [0.05, 0.1) is 0 Å². The Kier molecular flexibility index (Phi) is 7.13. The lowest BCUT2D eigenvalue weighted by Crippen LogP contribution is -2.67. The van der Waals surface area contributed by atoms with E-state index in [2.05, 4.69) is 0 Å². The zero-order chi connectivity index (χ0) is 16.9. The van der Waals surface area contributed by atoms with Gasteiger partial charge in [-0.05, 0) is 18.8 Å². The fourth-order valence-corrected chi connectivity index (χ4v) is 3.55. The van der Waals surface area contributed by atoms with E-state index in [1.54, 1.807) is 0 Å². The minimum absolute atomic E-state index is 0.103. The third-order valence-electron chi connectivity index (χ3n) is 4.45. The lowest BCUT2D eigenvalue weighted by atomic mass is 9.69. The summed E-state index contributed by atoms with van der Waals surface area (Å²) in [6.07, 6.45) is 1.96. The maximum atomic E-state index is 12.9. The number of carbonyl (C=O) groups is 3. The molecule has 0 radical (unpaired) electrons. The largest absolute Gasteiger partial charge is 0.333 e. The van der Waals surface area contributed by atoms with Gasteiger partial charge >= 0.3 is 6.03 Å². The summed E-state index contributed by atoms with van der Waals surface area (Å²) in [6, 6.07) is -0.607. The van der Waals surface area contributed by atoms with Gasteiger partial charge in [-0.25, -0.2) is 4.79 Å². The van der Waals surface area contributed by atoms with Crippen molar-refractivity contribution in [2.45, 2.75) is 40.0 Å². The van der Waals surface area contributed by atoms with Crippen molar-refractivity contribution in [3.8, 4) is 0 Å². The van der Waals surface area contributed by atoms with E-state index < -0.39 is 23.3 Å². The number of nitrogens with zero attached hydrogens (tertiary/aromatic N) is 2. The quantitative estimate of drug-likeness (QED) is 0.499. The molecule has 1 aliphatic rings. The second-order valence-electron chi connectivity index (χ2n) is 5.59. The maximum Gasteiger partial charge on any atom is 0.333 e. The minimum Gasteiger partial charge on any atom is -0.273 e. The summed E-state index contributed by atoms with van der Waals surface area (Å²) < 4.78 is 0. The number of barbiturate groups is 1. The topological polar surface area (TPSA) is 57.7 Å². The highest BCUT2D eigenvalue weighted by Crippen LogP contribution is 2.41. The van der Waals surface area contributed by atoms with Crippen LogP contribution in [-0.2, 0) is 9.59 Å². The van der Waals surface area contributed by atoms with Crippen molar-refractivity contribution >= 4 is 41.0 Å². The molecule has 1 heterocycles. The summed E-state index contributed by atoms with van der Waals surface area (Å²) in [6.45, 7) is 5.93. The molecule has 126 valence electrons. The molecule has 1 rings (SSSR count). The third kappa shape index (κ3) is 3.11. The fourth-order valence-electron chi connectivity index (χ4n) is 3.21. The van der Waals surface area contributed by atoms with Crippen LogP contribution in [0.3, 0.4) is 0 Å². The Morgan fingerprint density at radius 1 is 1.00 bits per heavy atom. The van der Waals surface area contributed by atoms with Gasteiger partial charge < -0.3 is 0 Å². The fraction of sp³-hybridized carbons (Fsp3) is 0.800. The van der Waals surface area contributed by atoms with Crippen LogP contribution < -0.4 is 0 Å². The first-order chi connectivity index (χ1) is 10.4. The molecule has 7 heteroatoms. The molecule has 4 amide bonds. The minimum atomic E-state index is -1.19. The van der Waals surface area contributed by atoms with Crippen LogP contribution in [0.2, 0.25) is 0 Å². The molecule has 0 aliphatic carbocycles. The molecule has 0 aromatic heterocycles. The molecular formula is C15H24Cl2N2O3. The molecule has 1 saturated heterocycles. The Balaban J connectivity index is 3.34. The van der Waals surface area contributed by atoms with Crippen molar-refractivity contribution in [1.29, 1.82) is 0 Å². The van der Waals surface area contributed by atoms with Crippen LogP contribution in [0.4, 0.5) is 4.79 Å². The van der Waals surface area contributed by atoms with Gasteiger partial charge in [-0.1, -0.05) is 27.2 Å². The number of rotatable bonds is 8. The number of urea groups is 1. The first-order valence-electron chi connectivity index (χ1n) is 7.72. The number of amides is 4. The summed E-state index contributed by atoms with van der Waals surface area (Å²) in [5.41, 5.74) is -1.19. The number of alkyl halides is 2. The van der Waals surface area contributed by atoms with E-state index in [1.165, 1.54) is 0 Å². The van der Waals surface area contributed by atoms with E-state index in [1.807, 2.05) is 20.8 Å². The van der Waals surface area contributed by atoms with Crippen LogP contribution in [0.5, 0.6) is 0 Å². The maximum absolute atomic E-state index is 12.9. The lowest BCUT2D eigenvalue weighted by Gasteiger charge is -2.46. The van der Waals surface area contributed by atoms with Crippen LogP contribution in [0.1, 0.15) is 40.0 Å². The molecule has 1 aliphatic heterocycles. The number of hydrogen-bond acceptors (Lipinski definition) is 3. The van der Waals surface area contributed by atoms with Crippen molar-refractivity contribution in [1.82, 2.24) is 9.80 Å². The molecule has 0 aromatic carbocycles. The van der Waals surface area contributed by atoms with E-state index in [9.17, 15) is 14.4 Å². The molecule has 22 heavy (non-hydrogen) atoms. The van der Waals surface area contributed by atoms with Gasteiger partial charge in [-0.15, -0.1) is 23.2 Å². The van der Waals surface area contributed by atoms with Crippen LogP contribution in [0.25, 0.3) is 0 Å². The van der Waals surface area contributed by atoms with Crippen LogP contribution >= 0.6 is 23.2 Å². The van der Waals surface area contributed by atoms with Crippen LogP contribution in [0.15, 0.2) is 0 Å². The van der Waals surface area contributed by atoms with Gasteiger partial charge in [0, 0.05) is 24.8 Å². The van der Waals surface area contributed by atoms with Gasteiger partial charge in [0.15, 0.2) is 0 Å². The van der Waals surface area contributed by atoms with E-state index in [0.29, 0.717) is 6.42 Å². The summed E-state index contributed by atoms with van der Waals surface area (Å²) >= 11 is 11.5. The molecule has 1 fully saturated rings. The Morgan fingerprint density at radius 3 is 1.77 bits per heavy atom. The first-order valence-corrected chi connectivity index (χ1v) is 8.78. The highest BCUT2D eigenvalue weighted by molar-refractivity contribution is 6.22. The first kappa shape index (κ1) is 19.2. The van der Waals surface area contributed by atoms with Crippen molar-refractivity contribution in [3.63, 3.8) is 0 Å². The van der Waals surface area contributed by atoms with Crippen LogP contribution in [0, 0.1) is 11.3 Å². The molecule has 5 nitrogen and oxygen atoms in total. The molecular weight excluding hydrogens is 327 g/mol. The van der Waals surface area contributed by atoms with Gasteiger partial charge in [0.1, 0.15) is 5.41 Å². The Morgan fingerprint density at radius 2 is 1.45 bits per heavy atom. The molecule has 0 aromatic rings.